The predicted molar refractivity (Wildman–Crippen MR) is 92.4 cm³/mol. The molecule has 0 aliphatic carbocycles. The summed E-state index contributed by atoms with van der Waals surface area (Å²) in [6.45, 7) is 0.185. The van der Waals surface area contributed by atoms with Gasteiger partial charge in [0.05, 0.1) is 18.9 Å². The Morgan fingerprint density at radius 3 is 2.72 bits per heavy atom. The van der Waals surface area contributed by atoms with Crippen LogP contribution in [-0.2, 0) is 11.3 Å². The number of halogens is 1. The molecule has 7 heteroatoms. The van der Waals surface area contributed by atoms with Crippen molar-refractivity contribution in [3.63, 3.8) is 0 Å². The number of aromatic nitrogens is 3. The minimum atomic E-state index is -0.428. The van der Waals surface area contributed by atoms with Crippen LogP contribution >= 0.6 is 11.6 Å². The van der Waals surface area contributed by atoms with Crippen LogP contribution in [0.5, 0.6) is 5.75 Å². The van der Waals surface area contributed by atoms with Crippen molar-refractivity contribution in [3.8, 4) is 17.1 Å². The summed E-state index contributed by atoms with van der Waals surface area (Å²) in [4.78, 5) is 24.1. The lowest BCUT2D eigenvalue weighted by molar-refractivity contribution is 0.0600. The average molecular weight is 356 g/mol. The Morgan fingerprint density at radius 2 is 1.96 bits per heavy atom. The van der Waals surface area contributed by atoms with E-state index in [2.05, 4.69) is 15.0 Å². The van der Waals surface area contributed by atoms with Gasteiger partial charge in [-0.15, -0.1) is 0 Å². The molecule has 0 aliphatic heterocycles. The van der Waals surface area contributed by atoms with Crippen LogP contribution in [0.1, 0.15) is 15.9 Å². The van der Waals surface area contributed by atoms with Crippen molar-refractivity contribution in [2.75, 3.05) is 7.11 Å². The number of benzene rings is 1. The van der Waals surface area contributed by atoms with Gasteiger partial charge in [0.15, 0.2) is 5.82 Å². The van der Waals surface area contributed by atoms with Gasteiger partial charge in [0.2, 0.25) is 0 Å². The maximum absolute atomic E-state index is 11.6. The Kier molecular flexibility index (Phi) is 5.20. The number of hydrogen-bond acceptors (Lipinski definition) is 6. The fourth-order valence-corrected chi connectivity index (χ4v) is 2.33. The van der Waals surface area contributed by atoms with Crippen molar-refractivity contribution in [2.24, 2.45) is 0 Å². The van der Waals surface area contributed by atoms with Gasteiger partial charge in [0.25, 0.3) is 0 Å². The van der Waals surface area contributed by atoms with E-state index in [-0.39, 0.29) is 6.61 Å². The van der Waals surface area contributed by atoms with E-state index in [0.717, 1.165) is 5.56 Å². The highest BCUT2D eigenvalue weighted by atomic mass is 35.5. The minimum Gasteiger partial charge on any atom is -0.487 e. The lowest BCUT2D eigenvalue weighted by Gasteiger charge is -2.10. The molecule has 126 valence electrons. The largest absolute Gasteiger partial charge is 0.487 e. The van der Waals surface area contributed by atoms with Crippen LogP contribution < -0.4 is 4.74 Å². The van der Waals surface area contributed by atoms with Crippen LogP contribution in [-0.4, -0.2) is 28.0 Å². The van der Waals surface area contributed by atoms with Gasteiger partial charge >= 0.3 is 5.97 Å². The number of hydrogen-bond donors (Lipinski definition) is 0. The third-order valence-corrected chi connectivity index (χ3v) is 3.77. The van der Waals surface area contributed by atoms with Crippen LogP contribution in [0.2, 0.25) is 5.02 Å². The summed E-state index contributed by atoms with van der Waals surface area (Å²) in [5.41, 5.74) is 1.83. The van der Waals surface area contributed by atoms with Gasteiger partial charge in [-0.1, -0.05) is 11.6 Å². The van der Waals surface area contributed by atoms with E-state index in [1.807, 2.05) is 0 Å². The summed E-state index contributed by atoms with van der Waals surface area (Å²) >= 11 is 6.17. The summed E-state index contributed by atoms with van der Waals surface area (Å²) in [5.74, 6) is 0.679. The predicted octanol–water partition coefficient (Wildman–Crippen LogP) is 3.56. The number of esters is 1. The number of ether oxygens (including phenoxy) is 2. The van der Waals surface area contributed by atoms with Crippen molar-refractivity contribution in [1.29, 1.82) is 0 Å². The highest BCUT2D eigenvalue weighted by Gasteiger charge is 2.10. The molecule has 0 fully saturated rings. The van der Waals surface area contributed by atoms with Gasteiger partial charge in [0.1, 0.15) is 12.4 Å². The molecule has 0 radical (unpaired) electrons. The summed E-state index contributed by atoms with van der Waals surface area (Å²) < 4.78 is 10.5. The maximum atomic E-state index is 11.6. The van der Waals surface area contributed by atoms with E-state index in [1.54, 1.807) is 55.1 Å². The van der Waals surface area contributed by atoms with Crippen molar-refractivity contribution >= 4 is 17.6 Å². The van der Waals surface area contributed by atoms with E-state index >= 15 is 0 Å². The van der Waals surface area contributed by atoms with E-state index in [9.17, 15) is 4.79 Å². The van der Waals surface area contributed by atoms with Crippen molar-refractivity contribution in [2.45, 2.75) is 6.61 Å². The van der Waals surface area contributed by atoms with Crippen molar-refractivity contribution in [1.82, 2.24) is 15.0 Å². The Labute approximate surface area is 149 Å². The Morgan fingerprint density at radius 1 is 1.16 bits per heavy atom. The summed E-state index contributed by atoms with van der Waals surface area (Å²) in [6.07, 6.45) is 6.57. The summed E-state index contributed by atoms with van der Waals surface area (Å²) in [7, 11) is 1.33. The van der Waals surface area contributed by atoms with E-state index in [0.29, 0.717) is 27.7 Å². The molecule has 0 atom stereocenters. The molecule has 1 aromatic carbocycles. The molecular weight excluding hydrogens is 342 g/mol. The molecule has 0 amide bonds. The van der Waals surface area contributed by atoms with Gasteiger partial charge < -0.3 is 9.47 Å². The normalized spacial score (nSPS) is 10.3. The molecule has 6 nitrogen and oxygen atoms in total. The number of pyridine rings is 1. The smallest absolute Gasteiger partial charge is 0.337 e. The molecule has 0 saturated heterocycles. The van der Waals surface area contributed by atoms with Gasteiger partial charge in [0, 0.05) is 34.7 Å². The zero-order valence-electron chi connectivity index (χ0n) is 13.3. The zero-order chi connectivity index (χ0) is 17.6. The second-order valence-electron chi connectivity index (χ2n) is 5.07. The van der Waals surface area contributed by atoms with E-state index in [1.165, 1.54) is 7.11 Å². The summed E-state index contributed by atoms with van der Waals surface area (Å²) in [5, 5.41) is 0.503. The number of methoxy groups -OCH3 is 1. The molecule has 3 aromatic rings. The molecule has 25 heavy (non-hydrogen) atoms. The zero-order valence-corrected chi connectivity index (χ0v) is 14.1. The van der Waals surface area contributed by atoms with Crippen LogP contribution in [0.4, 0.5) is 0 Å². The van der Waals surface area contributed by atoms with Crippen molar-refractivity contribution < 1.29 is 14.3 Å². The van der Waals surface area contributed by atoms with Crippen LogP contribution in [0.15, 0.2) is 55.1 Å². The average Bonchev–Trinajstić information content (AvgIpc) is 2.67. The fraction of sp³-hybridized carbons (Fsp3) is 0.111. The fourth-order valence-electron chi connectivity index (χ4n) is 2.16. The molecule has 2 heterocycles. The van der Waals surface area contributed by atoms with Gasteiger partial charge in [-0.25, -0.2) is 14.8 Å². The molecule has 0 aliphatic rings. The quantitative estimate of drug-likeness (QED) is 0.651. The standard InChI is InChI=1S/C18H14ClN3O3/c1-24-18(23)12-3-4-16(19)14(7-12)11-25-15-8-13(9-20-10-15)17-21-5-2-6-22-17/h2-10H,11H2,1H3. The second kappa shape index (κ2) is 7.72. The number of carbonyl (C=O) groups excluding carboxylic acids is 1. The SMILES string of the molecule is COC(=O)c1ccc(Cl)c(COc2cncc(-c3ncccn3)c2)c1. The van der Waals surface area contributed by atoms with Crippen LogP contribution in [0.3, 0.4) is 0 Å². The molecule has 0 N–H and O–H groups in total. The minimum absolute atomic E-state index is 0.185. The van der Waals surface area contributed by atoms with Crippen LogP contribution in [0, 0.1) is 0 Å². The first-order valence-electron chi connectivity index (χ1n) is 7.39. The van der Waals surface area contributed by atoms with Gasteiger partial charge in [-0.2, -0.15) is 0 Å². The number of rotatable bonds is 5. The van der Waals surface area contributed by atoms with Crippen LogP contribution in [0.25, 0.3) is 11.4 Å². The van der Waals surface area contributed by atoms with E-state index in [4.69, 9.17) is 21.1 Å². The Hall–Kier alpha value is -2.99. The molecule has 0 unspecified atom stereocenters. The lowest BCUT2D eigenvalue weighted by Crippen LogP contribution is -2.04. The highest BCUT2D eigenvalue weighted by Crippen LogP contribution is 2.23. The molecule has 0 spiro atoms. The maximum Gasteiger partial charge on any atom is 0.337 e. The highest BCUT2D eigenvalue weighted by molar-refractivity contribution is 6.31. The van der Waals surface area contributed by atoms with Gasteiger partial charge in [-0.3, -0.25) is 4.98 Å². The molecule has 0 bridgehead atoms. The molecular formula is C18H14ClN3O3. The third kappa shape index (κ3) is 4.10. The summed E-state index contributed by atoms with van der Waals surface area (Å²) in [6, 6.07) is 8.42. The first kappa shape index (κ1) is 16.9. The monoisotopic (exact) mass is 355 g/mol. The molecule has 2 aromatic heterocycles. The molecule has 0 saturated carbocycles. The second-order valence-corrected chi connectivity index (χ2v) is 5.48. The number of nitrogens with zero attached hydrogens (tertiary/aromatic N) is 3. The first-order chi connectivity index (χ1) is 12.2. The third-order valence-electron chi connectivity index (χ3n) is 3.40. The first-order valence-corrected chi connectivity index (χ1v) is 7.77. The van der Waals surface area contributed by atoms with Gasteiger partial charge in [-0.05, 0) is 30.3 Å². The topological polar surface area (TPSA) is 74.2 Å². The Bertz CT molecular complexity index is 888. The Balaban J connectivity index is 1.77. The lowest BCUT2D eigenvalue weighted by atomic mass is 10.1. The van der Waals surface area contributed by atoms with E-state index < -0.39 is 5.97 Å². The van der Waals surface area contributed by atoms with Crippen molar-refractivity contribution in [3.05, 3.63) is 71.3 Å². The number of carbonyl (C=O) groups is 1. The molecule has 3 rings (SSSR count).